The molecule has 27 heavy (non-hydrogen) atoms. The SMILES string of the molecule is COC(=O)[C@H](Cc1ccccc1C(F)(F)F)NC(=O)c1cccc(F)c1F. The van der Waals surface area contributed by atoms with Crippen LogP contribution >= 0.6 is 0 Å². The van der Waals surface area contributed by atoms with Crippen LogP contribution in [-0.2, 0) is 22.1 Å². The molecule has 0 unspecified atom stereocenters. The second-order valence-corrected chi connectivity index (χ2v) is 5.51. The van der Waals surface area contributed by atoms with Crippen molar-refractivity contribution in [2.24, 2.45) is 0 Å². The number of esters is 1. The lowest BCUT2D eigenvalue weighted by Crippen LogP contribution is -2.43. The van der Waals surface area contributed by atoms with Gasteiger partial charge in [-0.3, -0.25) is 4.79 Å². The Kier molecular flexibility index (Phi) is 6.14. The van der Waals surface area contributed by atoms with Crippen molar-refractivity contribution >= 4 is 11.9 Å². The Morgan fingerprint density at radius 1 is 1.07 bits per heavy atom. The number of hydrogen-bond acceptors (Lipinski definition) is 3. The Labute approximate surface area is 150 Å². The fourth-order valence-corrected chi connectivity index (χ4v) is 2.45. The fraction of sp³-hybridized carbons (Fsp3) is 0.222. The monoisotopic (exact) mass is 387 g/mol. The summed E-state index contributed by atoms with van der Waals surface area (Å²) in [6.07, 6.45) is -5.22. The number of nitrogens with one attached hydrogen (secondary N) is 1. The van der Waals surface area contributed by atoms with Crippen molar-refractivity contribution in [2.75, 3.05) is 7.11 Å². The van der Waals surface area contributed by atoms with Crippen LogP contribution in [0.2, 0.25) is 0 Å². The topological polar surface area (TPSA) is 55.4 Å². The molecule has 0 aliphatic heterocycles. The van der Waals surface area contributed by atoms with Gasteiger partial charge in [-0.2, -0.15) is 13.2 Å². The maximum Gasteiger partial charge on any atom is 0.416 e. The first-order chi connectivity index (χ1) is 12.6. The van der Waals surface area contributed by atoms with E-state index in [-0.39, 0.29) is 5.56 Å². The molecule has 144 valence electrons. The number of ether oxygens (including phenoxy) is 1. The lowest BCUT2D eigenvalue weighted by Gasteiger charge is -2.19. The summed E-state index contributed by atoms with van der Waals surface area (Å²) in [6.45, 7) is 0. The van der Waals surface area contributed by atoms with E-state index in [0.717, 1.165) is 37.4 Å². The fourth-order valence-electron chi connectivity index (χ4n) is 2.45. The van der Waals surface area contributed by atoms with Crippen molar-refractivity contribution in [2.45, 2.75) is 18.6 Å². The molecule has 1 atom stereocenters. The van der Waals surface area contributed by atoms with Gasteiger partial charge in [0, 0.05) is 6.42 Å². The van der Waals surface area contributed by atoms with E-state index in [1.54, 1.807) is 0 Å². The van der Waals surface area contributed by atoms with Crippen molar-refractivity contribution in [3.63, 3.8) is 0 Å². The van der Waals surface area contributed by atoms with Crippen molar-refractivity contribution in [1.29, 1.82) is 0 Å². The van der Waals surface area contributed by atoms with Crippen molar-refractivity contribution in [1.82, 2.24) is 5.32 Å². The minimum absolute atomic E-state index is 0.264. The molecule has 2 rings (SSSR count). The number of alkyl halides is 3. The van der Waals surface area contributed by atoms with Crippen LogP contribution in [0.25, 0.3) is 0 Å². The Morgan fingerprint density at radius 3 is 2.37 bits per heavy atom. The molecular weight excluding hydrogens is 373 g/mol. The van der Waals surface area contributed by atoms with Gasteiger partial charge < -0.3 is 10.1 Å². The smallest absolute Gasteiger partial charge is 0.416 e. The number of carbonyl (C=O) groups is 2. The van der Waals surface area contributed by atoms with Gasteiger partial charge in [-0.15, -0.1) is 0 Å². The van der Waals surface area contributed by atoms with Crippen LogP contribution in [-0.4, -0.2) is 25.0 Å². The second-order valence-electron chi connectivity index (χ2n) is 5.51. The van der Waals surface area contributed by atoms with Crippen LogP contribution in [0.5, 0.6) is 0 Å². The Balaban J connectivity index is 2.31. The molecule has 0 fully saturated rings. The predicted molar refractivity (Wildman–Crippen MR) is 84.8 cm³/mol. The Bertz CT molecular complexity index is 851. The molecule has 0 aliphatic rings. The molecule has 4 nitrogen and oxygen atoms in total. The molecule has 0 spiro atoms. The highest BCUT2D eigenvalue weighted by Crippen LogP contribution is 2.32. The number of amides is 1. The lowest BCUT2D eigenvalue weighted by molar-refractivity contribution is -0.144. The molecular formula is C18H14F5NO3. The third kappa shape index (κ3) is 4.81. The van der Waals surface area contributed by atoms with Gasteiger partial charge in [0.2, 0.25) is 0 Å². The number of hydrogen-bond donors (Lipinski definition) is 1. The normalized spacial score (nSPS) is 12.4. The van der Waals surface area contributed by atoms with Crippen LogP contribution < -0.4 is 5.32 Å². The van der Waals surface area contributed by atoms with Crippen LogP contribution in [0, 0.1) is 11.6 Å². The van der Waals surface area contributed by atoms with E-state index in [0.29, 0.717) is 0 Å². The van der Waals surface area contributed by atoms with E-state index in [9.17, 15) is 31.5 Å². The molecule has 2 aromatic rings. The van der Waals surface area contributed by atoms with E-state index in [1.165, 1.54) is 12.1 Å². The van der Waals surface area contributed by atoms with Crippen molar-refractivity contribution in [3.8, 4) is 0 Å². The van der Waals surface area contributed by atoms with Crippen molar-refractivity contribution in [3.05, 3.63) is 70.8 Å². The van der Waals surface area contributed by atoms with E-state index < -0.39 is 53.3 Å². The standard InChI is InChI=1S/C18H14F5NO3/c1-27-17(26)14(9-10-5-2-3-7-12(10)18(21,22)23)24-16(25)11-6-4-8-13(19)15(11)20/h2-8,14H,9H2,1H3,(H,24,25)/t14-/m0/s1. The lowest BCUT2D eigenvalue weighted by atomic mass is 9.99. The quantitative estimate of drug-likeness (QED) is 0.631. The number of carbonyl (C=O) groups excluding carboxylic acids is 2. The summed E-state index contributed by atoms with van der Waals surface area (Å²) in [7, 11) is 0.986. The average Bonchev–Trinajstić information content (AvgIpc) is 2.62. The predicted octanol–water partition coefficient (Wildman–Crippen LogP) is 3.50. The molecule has 2 aromatic carbocycles. The summed E-state index contributed by atoms with van der Waals surface area (Å²) in [5, 5.41) is 2.09. The molecule has 1 amide bonds. The minimum atomic E-state index is -4.67. The zero-order valence-corrected chi connectivity index (χ0v) is 13.9. The Morgan fingerprint density at radius 2 is 1.74 bits per heavy atom. The van der Waals surface area contributed by atoms with Gasteiger partial charge in [0.05, 0.1) is 18.2 Å². The third-order valence-electron chi connectivity index (χ3n) is 3.73. The maximum absolute atomic E-state index is 13.7. The summed E-state index contributed by atoms with van der Waals surface area (Å²) < 4.78 is 70.8. The van der Waals surface area contributed by atoms with Gasteiger partial charge in [0.1, 0.15) is 6.04 Å². The molecule has 9 heteroatoms. The number of benzene rings is 2. The minimum Gasteiger partial charge on any atom is -0.467 e. The van der Waals surface area contributed by atoms with E-state index in [4.69, 9.17) is 0 Å². The van der Waals surface area contributed by atoms with E-state index in [2.05, 4.69) is 10.1 Å². The van der Waals surface area contributed by atoms with E-state index in [1.807, 2.05) is 0 Å². The molecule has 0 aliphatic carbocycles. The first-order valence-electron chi connectivity index (χ1n) is 7.63. The average molecular weight is 387 g/mol. The molecule has 0 aromatic heterocycles. The van der Waals surface area contributed by atoms with Crippen LogP contribution in [0.1, 0.15) is 21.5 Å². The molecule has 0 saturated carbocycles. The van der Waals surface area contributed by atoms with E-state index >= 15 is 0 Å². The first kappa shape index (κ1) is 20.3. The van der Waals surface area contributed by atoms with Gasteiger partial charge in [-0.25, -0.2) is 13.6 Å². The summed E-state index contributed by atoms with van der Waals surface area (Å²) in [5.74, 6) is -4.90. The summed E-state index contributed by atoms with van der Waals surface area (Å²) in [5.41, 5.74) is -1.93. The van der Waals surface area contributed by atoms with Gasteiger partial charge in [0.15, 0.2) is 11.6 Å². The van der Waals surface area contributed by atoms with Gasteiger partial charge in [0.25, 0.3) is 5.91 Å². The van der Waals surface area contributed by atoms with Crippen LogP contribution in [0.4, 0.5) is 22.0 Å². The van der Waals surface area contributed by atoms with Crippen LogP contribution in [0.3, 0.4) is 0 Å². The van der Waals surface area contributed by atoms with Crippen LogP contribution in [0.15, 0.2) is 42.5 Å². The molecule has 0 heterocycles. The zero-order chi connectivity index (χ0) is 20.2. The van der Waals surface area contributed by atoms with Gasteiger partial charge in [-0.05, 0) is 23.8 Å². The maximum atomic E-state index is 13.7. The highest BCUT2D eigenvalue weighted by Gasteiger charge is 2.34. The summed E-state index contributed by atoms with van der Waals surface area (Å²) in [4.78, 5) is 24.1. The number of methoxy groups -OCH3 is 1. The Hall–Kier alpha value is -2.97. The second kappa shape index (κ2) is 8.15. The third-order valence-corrected chi connectivity index (χ3v) is 3.73. The molecule has 0 bridgehead atoms. The van der Waals surface area contributed by atoms with Gasteiger partial charge in [-0.1, -0.05) is 24.3 Å². The molecule has 1 N–H and O–H groups in total. The van der Waals surface area contributed by atoms with Gasteiger partial charge >= 0.3 is 12.1 Å². The number of rotatable bonds is 5. The summed E-state index contributed by atoms with van der Waals surface area (Å²) >= 11 is 0. The number of halogens is 5. The zero-order valence-electron chi connectivity index (χ0n) is 13.9. The molecule has 0 saturated heterocycles. The highest BCUT2D eigenvalue weighted by atomic mass is 19.4. The van der Waals surface area contributed by atoms with Crippen molar-refractivity contribution < 1.29 is 36.3 Å². The highest BCUT2D eigenvalue weighted by molar-refractivity contribution is 5.97. The molecule has 0 radical (unpaired) electrons. The summed E-state index contributed by atoms with van der Waals surface area (Å²) in [6, 6.07) is 5.82. The first-order valence-corrected chi connectivity index (χ1v) is 7.63. The largest absolute Gasteiger partial charge is 0.467 e.